The predicted molar refractivity (Wildman–Crippen MR) is 94.8 cm³/mol. The van der Waals surface area contributed by atoms with E-state index >= 15 is 0 Å². The van der Waals surface area contributed by atoms with Crippen molar-refractivity contribution in [3.05, 3.63) is 65.5 Å². The second kappa shape index (κ2) is 8.73. The van der Waals surface area contributed by atoms with Crippen molar-refractivity contribution in [2.24, 2.45) is 5.10 Å². The molecule has 0 saturated heterocycles. The molecule has 0 atom stereocenters. The quantitative estimate of drug-likeness (QED) is 0.287. The van der Waals surface area contributed by atoms with Crippen molar-refractivity contribution in [2.75, 3.05) is 6.54 Å². The summed E-state index contributed by atoms with van der Waals surface area (Å²) in [5.74, 6) is -1.04. The molecule has 2 aromatic carbocycles. The van der Waals surface area contributed by atoms with Crippen LogP contribution in [-0.2, 0) is 0 Å². The Morgan fingerprint density at radius 1 is 1.25 bits per heavy atom. The minimum Gasteiger partial charge on any atom is -0.423 e. The lowest BCUT2D eigenvalue weighted by molar-refractivity contribution is 0.0730. The minimum atomic E-state index is -0.743. The van der Waals surface area contributed by atoms with E-state index < -0.39 is 11.8 Å². The van der Waals surface area contributed by atoms with Crippen LogP contribution < -0.4 is 15.5 Å². The number of nitrogens with zero attached hydrogens (tertiary/aromatic N) is 1. The summed E-state index contributed by atoms with van der Waals surface area (Å²) in [5, 5.41) is 7.31. The molecule has 0 radical (unpaired) electrons. The van der Waals surface area contributed by atoms with E-state index in [-0.39, 0.29) is 5.56 Å². The first-order valence-electron chi connectivity index (χ1n) is 7.24. The number of esters is 1. The molecule has 0 bridgehead atoms. The fourth-order valence-corrected chi connectivity index (χ4v) is 1.97. The highest BCUT2D eigenvalue weighted by molar-refractivity contribution is 7.80. The summed E-state index contributed by atoms with van der Waals surface area (Å²) in [6.07, 6.45) is 1.58. The number of hydrazone groups is 1. The summed E-state index contributed by atoms with van der Waals surface area (Å²) in [4.78, 5) is 11.9. The Labute approximate surface area is 144 Å². The van der Waals surface area contributed by atoms with Crippen LogP contribution in [-0.4, -0.2) is 23.8 Å². The lowest BCUT2D eigenvalue weighted by Gasteiger charge is -2.05. The molecule has 0 heterocycles. The Kier molecular flexibility index (Phi) is 6.39. The highest BCUT2D eigenvalue weighted by Crippen LogP contribution is 2.15. The number of halogens is 1. The molecule has 2 rings (SSSR count). The van der Waals surface area contributed by atoms with Crippen LogP contribution in [0.5, 0.6) is 5.75 Å². The average molecular weight is 345 g/mol. The van der Waals surface area contributed by atoms with Crippen molar-refractivity contribution in [1.82, 2.24) is 10.7 Å². The van der Waals surface area contributed by atoms with E-state index in [1.807, 2.05) is 6.92 Å². The summed E-state index contributed by atoms with van der Waals surface area (Å²) < 4.78 is 18.7. The first-order chi connectivity index (χ1) is 11.6. The van der Waals surface area contributed by atoms with Crippen LogP contribution in [0.2, 0.25) is 0 Å². The summed E-state index contributed by atoms with van der Waals surface area (Å²) >= 11 is 4.97. The Balaban J connectivity index is 1.95. The molecule has 24 heavy (non-hydrogen) atoms. The minimum absolute atomic E-state index is 0.107. The summed E-state index contributed by atoms with van der Waals surface area (Å²) in [6, 6.07) is 12.3. The number of carbonyl (C=O) groups is 1. The van der Waals surface area contributed by atoms with Gasteiger partial charge in [-0.15, -0.1) is 0 Å². The number of nitrogens with one attached hydrogen (secondary N) is 2. The number of hydrogen-bond acceptors (Lipinski definition) is 4. The molecular weight excluding hydrogens is 329 g/mol. The molecule has 124 valence electrons. The van der Waals surface area contributed by atoms with E-state index in [1.165, 1.54) is 18.2 Å². The monoisotopic (exact) mass is 345 g/mol. The maximum absolute atomic E-state index is 13.5. The molecule has 0 saturated carbocycles. The van der Waals surface area contributed by atoms with Gasteiger partial charge in [0.15, 0.2) is 5.11 Å². The zero-order valence-corrected chi connectivity index (χ0v) is 13.8. The molecule has 0 spiro atoms. The number of hydrogen-bond donors (Lipinski definition) is 2. The number of rotatable bonds is 5. The number of ether oxygens (including phenoxy) is 1. The van der Waals surface area contributed by atoms with Gasteiger partial charge < -0.3 is 10.1 Å². The van der Waals surface area contributed by atoms with Crippen LogP contribution in [0.3, 0.4) is 0 Å². The third-order valence-corrected chi connectivity index (χ3v) is 3.14. The SMILES string of the molecule is CCNC(=S)N/N=C\c1ccc(OC(=O)c2ccccc2F)cc1. The highest BCUT2D eigenvalue weighted by atomic mass is 32.1. The van der Waals surface area contributed by atoms with Crippen molar-refractivity contribution < 1.29 is 13.9 Å². The van der Waals surface area contributed by atoms with Crippen LogP contribution >= 0.6 is 12.2 Å². The first kappa shape index (κ1) is 17.6. The molecule has 0 fully saturated rings. The molecule has 7 heteroatoms. The van der Waals surface area contributed by atoms with Gasteiger partial charge in [-0.3, -0.25) is 5.43 Å². The molecule has 0 aliphatic carbocycles. The predicted octanol–water partition coefficient (Wildman–Crippen LogP) is 2.86. The van der Waals surface area contributed by atoms with Crippen molar-refractivity contribution in [1.29, 1.82) is 0 Å². The number of benzene rings is 2. The van der Waals surface area contributed by atoms with Gasteiger partial charge in [-0.1, -0.05) is 12.1 Å². The van der Waals surface area contributed by atoms with Gasteiger partial charge in [0.2, 0.25) is 0 Å². The normalized spacial score (nSPS) is 10.4. The van der Waals surface area contributed by atoms with Crippen molar-refractivity contribution in [3.63, 3.8) is 0 Å². The second-order valence-electron chi connectivity index (χ2n) is 4.67. The van der Waals surface area contributed by atoms with Crippen LogP contribution in [0, 0.1) is 5.82 Å². The Hall–Kier alpha value is -2.80. The van der Waals surface area contributed by atoms with Crippen molar-refractivity contribution >= 4 is 29.5 Å². The van der Waals surface area contributed by atoms with E-state index in [9.17, 15) is 9.18 Å². The lowest BCUT2D eigenvalue weighted by atomic mass is 10.2. The van der Waals surface area contributed by atoms with Gasteiger partial charge >= 0.3 is 5.97 Å². The van der Waals surface area contributed by atoms with E-state index in [2.05, 4.69) is 15.8 Å². The zero-order chi connectivity index (χ0) is 17.4. The van der Waals surface area contributed by atoms with E-state index in [0.29, 0.717) is 17.4 Å². The molecule has 0 aromatic heterocycles. The number of carbonyl (C=O) groups excluding carboxylic acids is 1. The summed E-state index contributed by atoms with van der Waals surface area (Å²) in [5.41, 5.74) is 3.35. The molecular formula is C17H16FN3O2S. The fourth-order valence-electron chi connectivity index (χ4n) is 1.78. The Bertz CT molecular complexity index is 748. The van der Waals surface area contributed by atoms with Gasteiger partial charge in [-0.25, -0.2) is 9.18 Å². The molecule has 2 N–H and O–H groups in total. The van der Waals surface area contributed by atoms with Crippen molar-refractivity contribution in [3.8, 4) is 5.75 Å². The number of thiocarbonyl (C=S) groups is 1. The van der Waals surface area contributed by atoms with Crippen LogP contribution in [0.15, 0.2) is 53.6 Å². The molecule has 0 amide bonds. The van der Waals surface area contributed by atoms with Crippen LogP contribution in [0.25, 0.3) is 0 Å². The third-order valence-electron chi connectivity index (χ3n) is 2.90. The van der Waals surface area contributed by atoms with Gasteiger partial charge in [0.25, 0.3) is 0 Å². The van der Waals surface area contributed by atoms with Crippen LogP contribution in [0.4, 0.5) is 4.39 Å². The van der Waals surface area contributed by atoms with Gasteiger partial charge in [0.05, 0.1) is 11.8 Å². The molecule has 0 aliphatic rings. The van der Waals surface area contributed by atoms with E-state index in [0.717, 1.165) is 5.56 Å². The maximum Gasteiger partial charge on any atom is 0.346 e. The Morgan fingerprint density at radius 2 is 1.96 bits per heavy atom. The third kappa shape index (κ3) is 5.13. The van der Waals surface area contributed by atoms with Gasteiger partial charge in [0, 0.05) is 6.54 Å². The maximum atomic E-state index is 13.5. The topological polar surface area (TPSA) is 62.7 Å². The lowest BCUT2D eigenvalue weighted by Crippen LogP contribution is -2.31. The van der Waals surface area contributed by atoms with E-state index in [4.69, 9.17) is 17.0 Å². The largest absolute Gasteiger partial charge is 0.423 e. The second-order valence-corrected chi connectivity index (χ2v) is 5.08. The summed E-state index contributed by atoms with van der Waals surface area (Å²) in [7, 11) is 0. The standard InChI is InChI=1S/C17H16FN3O2S/c1-2-19-17(24)21-20-11-12-7-9-13(10-8-12)23-16(22)14-5-3-4-6-15(14)18/h3-11H,2H2,1H3,(H2,19,21,24)/b20-11-. The average Bonchev–Trinajstić information content (AvgIpc) is 2.57. The first-order valence-corrected chi connectivity index (χ1v) is 7.64. The smallest absolute Gasteiger partial charge is 0.346 e. The van der Waals surface area contributed by atoms with Crippen LogP contribution in [0.1, 0.15) is 22.8 Å². The molecule has 0 aliphatic heterocycles. The Morgan fingerprint density at radius 3 is 2.62 bits per heavy atom. The zero-order valence-electron chi connectivity index (χ0n) is 13.0. The van der Waals surface area contributed by atoms with Gasteiger partial charge in [-0.2, -0.15) is 5.10 Å². The van der Waals surface area contributed by atoms with E-state index in [1.54, 1.807) is 36.5 Å². The molecule has 2 aromatic rings. The molecule has 5 nitrogen and oxygen atoms in total. The highest BCUT2D eigenvalue weighted by Gasteiger charge is 2.12. The molecule has 0 unspecified atom stereocenters. The van der Waals surface area contributed by atoms with Gasteiger partial charge in [0.1, 0.15) is 11.6 Å². The van der Waals surface area contributed by atoms with Gasteiger partial charge in [-0.05, 0) is 61.1 Å². The van der Waals surface area contributed by atoms with Crippen molar-refractivity contribution in [2.45, 2.75) is 6.92 Å². The summed E-state index contributed by atoms with van der Waals surface area (Å²) in [6.45, 7) is 2.64. The fraction of sp³-hybridized carbons (Fsp3) is 0.118.